The molecule has 3 nitrogen and oxygen atoms in total. The lowest BCUT2D eigenvalue weighted by molar-refractivity contribution is 0.509. The maximum atomic E-state index is 12.6. The SMILES string of the molecule is CSc1ccc(-c2nc3sc4c(c3c(=O)[nH]2)CCC(C)C4)cc1. The number of aryl methyl sites for hydroxylation is 1. The monoisotopic (exact) mass is 342 g/mol. The molecular weight excluding hydrogens is 324 g/mol. The lowest BCUT2D eigenvalue weighted by Crippen LogP contribution is -2.13. The maximum Gasteiger partial charge on any atom is 0.260 e. The maximum absolute atomic E-state index is 12.6. The fraction of sp³-hybridized carbons (Fsp3) is 0.333. The van der Waals surface area contributed by atoms with Gasteiger partial charge in [0.2, 0.25) is 0 Å². The molecule has 2 aromatic heterocycles. The normalized spacial score (nSPS) is 17.4. The van der Waals surface area contributed by atoms with Crippen molar-refractivity contribution in [1.29, 1.82) is 0 Å². The van der Waals surface area contributed by atoms with E-state index < -0.39 is 0 Å². The van der Waals surface area contributed by atoms with Gasteiger partial charge in [-0.3, -0.25) is 4.79 Å². The number of aromatic nitrogens is 2. The van der Waals surface area contributed by atoms with Crippen molar-refractivity contribution in [2.24, 2.45) is 5.92 Å². The van der Waals surface area contributed by atoms with Crippen molar-refractivity contribution in [3.63, 3.8) is 0 Å². The van der Waals surface area contributed by atoms with Crippen LogP contribution in [0.5, 0.6) is 0 Å². The van der Waals surface area contributed by atoms with E-state index in [9.17, 15) is 4.79 Å². The summed E-state index contributed by atoms with van der Waals surface area (Å²) in [4.78, 5) is 23.8. The smallest absolute Gasteiger partial charge is 0.260 e. The van der Waals surface area contributed by atoms with Crippen LogP contribution < -0.4 is 5.56 Å². The summed E-state index contributed by atoms with van der Waals surface area (Å²) in [6.45, 7) is 2.28. The summed E-state index contributed by atoms with van der Waals surface area (Å²) in [7, 11) is 0. The molecule has 1 aliphatic rings. The van der Waals surface area contributed by atoms with Crippen LogP contribution in [-0.2, 0) is 12.8 Å². The molecule has 0 saturated carbocycles. The van der Waals surface area contributed by atoms with Gasteiger partial charge in [-0.1, -0.05) is 19.1 Å². The number of hydrogen-bond acceptors (Lipinski definition) is 4. The van der Waals surface area contributed by atoms with E-state index >= 15 is 0 Å². The molecule has 0 spiro atoms. The summed E-state index contributed by atoms with van der Waals surface area (Å²) in [5.41, 5.74) is 2.20. The van der Waals surface area contributed by atoms with Crippen LogP contribution in [0.4, 0.5) is 0 Å². The van der Waals surface area contributed by atoms with Gasteiger partial charge in [0.1, 0.15) is 10.7 Å². The average Bonchev–Trinajstić information content (AvgIpc) is 2.92. The molecule has 1 aliphatic carbocycles. The fourth-order valence-corrected chi connectivity index (χ4v) is 5.03. The van der Waals surface area contributed by atoms with Crippen LogP contribution in [0.3, 0.4) is 0 Å². The summed E-state index contributed by atoms with van der Waals surface area (Å²) >= 11 is 3.41. The summed E-state index contributed by atoms with van der Waals surface area (Å²) in [5.74, 6) is 1.37. The highest BCUT2D eigenvalue weighted by Crippen LogP contribution is 2.36. The number of rotatable bonds is 2. The van der Waals surface area contributed by atoms with Gasteiger partial charge in [-0.2, -0.15) is 0 Å². The molecule has 1 atom stereocenters. The zero-order valence-electron chi connectivity index (χ0n) is 13.2. The molecule has 2 heterocycles. The molecule has 0 amide bonds. The third-order valence-electron chi connectivity index (χ3n) is 4.53. The van der Waals surface area contributed by atoms with Crippen molar-refractivity contribution < 1.29 is 0 Å². The number of fused-ring (bicyclic) bond motifs is 3. The van der Waals surface area contributed by atoms with E-state index in [-0.39, 0.29) is 5.56 Å². The second-order valence-electron chi connectivity index (χ2n) is 6.17. The third kappa shape index (κ3) is 2.62. The summed E-state index contributed by atoms with van der Waals surface area (Å²) < 4.78 is 0. The van der Waals surface area contributed by atoms with Crippen LogP contribution in [0, 0.1) is 5.92 Å². The van der Waals surface area contributed by atoms with Crippen molar-refractivity contribution in [2.45, 2.75) is 31.1 Å². The number of nitrogens with zero attached hydrogens (tertiary/aromatic N) is 1. The predicted molar refractivity (Wildman–Crippen MR) is 98.6 cm³/mol. The van der Waals surface area contributed by atoms with E-state index in [4.69, 9.17) is 4.98 Å². The fourth-order valence-electron chi connectivity index (χ4n) is 3.23. The average molecular weight is 342 g/mol. The van der Waals surface area contributed by atoms with Crippen molar-refractivity contribution in [3.8, 4) is 11.4 Å². The number of nitrogens with one attached hydrogen (secondary N) is 1. The van der Waals surface area contributed by atoms with Gasteiger partial charge in [0.05, 0.1) is 5.39 Å². The summed E-state index contributed by atoms with van der Waals surface area (Å²) in [6, 6.07) is 8.16. The Bertz CT molecular complexity index is 925. The number of aromatic amines is 1. The van der Waals surface area contributed by atoms with Crippen LogP contribution in [0.15, 0.2) is 34.0 Å². The van der Waals surface area contributed by atoms with Gasteiger partial charge in [-0.05, 0) is 49.1 Å². The molecule has 0 saturated heterocycles. The van der Waals surface area contributed by atoms with E-state index in [1.54, 1.807) is 23.1 Å². The Kier molecular flexibility index (Phi) is 3.77. The molecule has 4 rings (SSSR count). The van der Waals surface area contributed by atoms with Crippen molar-refractivity contribution in [1.82, 2.24) is 9.97 Å². The Morgan fingerprint density at radius 3 is 2.83 bits per heavy atom. The van der Waals surface area contributed by atoms with Crippen LogP contribution in [0.25, 0.3) is 21.6 Å². The first-order chi connectivity index (χ1) is 11.2. The number of benzene rings is 1. The van der Waals surface area contributed by atoms with Gasteiger partial charge in [0, 0.05) is 15.3 Å². The zero-order valence-corrected chi connectivity index (χ0v) is 14.8. The first-order valence-corrected chi connectivity index (χ1v) is 9.89. The first-order valence-electron chi connectivity index (χ1n) is 7.84. The minimum Gasteiger partial charge on any atom is -0.306 e. The number of thioether (sulfide) groups is 1. The Balaban J connectivity index is 1.85. The van der Waals surface area contributed by atoms with Crippen LogP contribution >= 0.6 is 23.1 Å². The van der Waals surface area contributed by atoms with E-state index in [1.807, 2.05) is 12.1 Å². The molecule has 23 heavy (non-hydrogen) atoms. The minimum atomic E-state index is 0.00555. The number of hydrogen-bond donors (Lipinski definition) is 1. The Morgan fingerprint density at radius 1 is 1.30 bits per heavy atom. The van der Waals surface area contributed by atoms with Gasteiger partial charge in [-0.25, -0.2) is 4.98 Å². The molecule has 0 bridgehead atoms. The van der Waals surface area contributed by atoms with E-state index in [0.29, 0.717) is 11.7 Å². The number of thiophene rings is 1. The lowest BCUT2D eigenvalue weighted by atomic mass is 9.89. The quantitative estimate of drug-likeness (QED) is 0.698. The van der Waals surface area contributed by atoms with Gasteiger partial charge in [-0.15, -0.1) is 23.1 Å². The van der Waals surface area contributed by atoms with Crippen LogP contribution in [-0.4, -0.2) is 16.2 Å². The molecule has 3 aromatic rings. The van der Waals surface area contributed by atoms with Crippen molar-refractivity contribution >= 4 is 33.3 Å². The van der Waals surface area contributed by atoms with Crippen molar-refractivity contribution in [3.05, 3.63) is 45.1 Å². The lowest BCUT2D eigenvalue weighted by Gasteiger charge is -2.17. The van der Waals surface area contributed by atoms with Crippen LogP contribution in [0.1, 0.15) is 23.8 Å². The standard InChI is InChI=1S/C18H18N2OS2/c1-10-3-8-13-14(9-10)23-18-15(13)17(21)19-16(20-18)11-4-6-12(22-2)7-5-11/h4-7,10H,3,8-9H2,1-2H3,(H,19,20,21). The van der Waals surface area contributed by atoms with E-state index in [2.05, 4.69) is 30.3 Å². The Labute approximate surface area is 143 Å². The molecule has 0 aliphatic heterocycles. The molecule has 0 radical (unpaired) electrons. The summed E-state index contributed by atoms with van der Waals surface area (Å²) in [6.07, 6.45) is 5.30. The first kappa shape index (κ1) is 15.0. The van der Waals surface area contributed by atoms with Gasteiger partial charge < -0.3 is 4.98 Å². The highest BCUT2D eigenvalue weighted by Gasteiger charge is 2.23. The van der Waals surface area contributed by atoms with Gasteiger partial charge in [0.25, 0.3) is 5.56 Å². The number of H-pyrrole nitrogens is 1. The van der Waals surface area contributed by atoms with Crippen molar-refractivity contribution in [2.75, 3.05) is 6.26 Å². The third-order valence-corrected chi connectivity index (χ3v) is 6.42. The van der Waals surface area contributed by atoms with Gasteiger partial charge >= 0.3 is 0 Å². The van der Waals surface area contributed by atoms with E-state index in [1.165, 1.54) is 15.3 Å². The zero-order chi connectivity index (χ0) is 16.0. The highest BCUT2D eigenvalue weighted by atomic mass is 32.2. The Hall–Kier alpha value is -1.59. The minimum absolute atomic E-state index is 0.00555. The topological polar surface area (TPSA) is 45.8 Å². The van der Waals surface area contributed by atoms with E-state index in [0.717, 1.165) is 35.0 Å². The molecule has 118 valence electrons. The molecule has 0 fully saturated rings. The molecule has 5 heteroatoms. The largest absolute Gasteiger partial charge is 0.306 e. The second kappa shape index (κ2) is 5.80. The van der Waals surface area contributed by atoms with Crippen LogP contribution in [0.2, 0.25) is 0 Å². The molecule has 1 N–H and O–H groups in total. The molecular formula is C18H18N2OS2. The molecule has 1 aromatic carbocycles. The second-order valence-corrected chi connectivity index (χ2v) is 8.14. The van der Waals surface area contributed by atoms with Gasteiger partial charge in [0.15, 0.2) is 0 Å². The highest BCUT2D eigenvalue weighted by molar-refractivity contribution is 7.98. The molecule has 1 unspecified atom stereocenters. The Morgan fingerprint density at radius 2 is 2.09 bits per heavy atom. The predicted octanol–water partition coefficient (Wildman–Crippen LogP) is 4.50. The summed E-state index contributed by atoms with van der Waals surface area (Å²) in [5, 5.41) is 0.821.